The minimum Gasteiger partial charge on any atom is -0.356 e. The van der Waals surface area contributed by atoms with E-state index in [-0.39, 0.29) is 0 Å². The molecule has 96 valence electrons. The van der Waals surface area contributed by atoms with E-state index >= 15 is 0 Å². The van der Waals surface area contributed by atoms with Crippen molar-refractivity contribution in [2.75, 3.05) is 29.9 Å². The van der Waals surface area contributed by atoms with Gasteiger partial charge in [0.1, 0.15) is 5.82 Å². The van der Waals surface area contributed by atoms with E-state index in [1.807, 2.05) is 0 Å². The molecule has 18 heavy (non-hydrogen) atoms. The minimum absolute atomic E-state index is 0.768. The average molecular weight is 262 g/mol. The number of fused-ring (bicyclic) bond motifs is 1. The first kappa shape index (κ1) is 11.7. The maximum Gasteiger partial charge on any atom is 0.225 e. The van der Waals surface area contributed by atoms with Gasteiger partial charge in [0, 0.05) is 30.4 Å². The van der Waals surface area contributed by atoms with Crippen molar-refractivity contribution in [2.45, 2.75) is 26.2 Å². The lowest BCUT2D eigenvalue weighted by atomic mass is 10.3. The third-order valence-corrected chi connectivity index (χ3v) is 3.99. The molecule has 0 amide bonds. The van der Waals surface area contributed by atoms with Gasteiger partial charge in [-0.25, -0.2) is 4.98 Å². The largest absolute Gasteiger partial charge is 0.356 e. The first-order valence-corrected chi connectivity index (χ1v) is 7.55. The lowest BCUT2D eigenvalue weighted by molar-refractivity contribution is 0.923. The van der Waals surface area contributed by atoms with Gasteiger partial charge in [-0.2, -0.15) is 4.98 Å². The number of nitrogens with one attached hydrogen (secondary N) is 1. The summed E-state index contributed by atoms with van der Waals surface area (Å²) in [5, 5.41) is 8.76. The summed E-state index contributed by atoms with van der Waals surface area (Å²) < 4.78 is 0. The molecule has 1 fully saturated rings. The van der Waals surface area contributed by atoms with Gasteiger partial charge in [0.25, 0.3) is 0 Å². The summed E-state index contributed by atoms with van der Waals surface area (Å²) in [5.41, 5.74) is 1.07. The minimum atomic E-state index is 0.768. The van der Waals surface area contributed by atoms with Crippen LogP contribution in [0.3, 0.4) is 0 Å². The number of nitrogens with zero attached hydrogens (tertiary/aromatic N) is 3. The molecule has 0 saturated carbocycles. The van der Waals surface area contributed by atoms with E-state index in [2.05, 4.69) is 32.9 Å². The molecule has 0 atom stereocenters. The van der Waals surface area contributed by atoms with Crippen molar-refractivity contribution in [1.29, 1.82) is 0 Å². The Labute approximate surface area is 111 Å². The topological polar surface area (TPSA) is 41.1 Å². The molecule has 2 aromatic heterocycles. The Morgan fingerprint density at radius 3 is 2.89 bits per heavy atom. The molecule has 0 aromatic carbocycles. The van der Waals surface area contributed by atoms with Crippen LogP contribution in [0.4, 0.5) is 11.8 Å². The summed E-state index contributed by atoms with van der Waals surface area (Å²) in [6, 6.07) is 0. The second kappa shape index (κ2) is 5.10. The van der Waals surface area contributed by atoms with Crippen molar-refractivity contribution in [2.24, 2.45) is 0 Å². The molecule has 1 aliphatic rings. The standard InChI is InChI=1S/C13H18N4S/c1-2-5-14-13-15-11-9-18-8-10(11)12(16-13)17-6-3-4-7-17/h8-9H,2-7H2,1H3,(H,14,15). The van der Waals surface area contributed by atoms with E-state index in [0.29, 0.717) is 0 Å². The van der Waals surface area contributed by atoms with Gasteiger partial charge < -0.3 is 10.2 Å². The third kappa shape index (κ3) is 2.14. The fraction of sp³-hybridized carbons (Fsp3) is 0.538. The smallest absolute Gasteiger partial charge is 0.225 e. The van der Waals surface area contributed by atoms with Crippen molar-refractivity contribution in [3.05, 3.63) is 10.8 Å². The molecule has 3 heterocycles. The second-order valence-electron chi connectivity index (χ2n) is 4.66. The summed E-state index contributed by atoms with van der Waals surface area (Å²) >= 11 is 1.70. The number of hydrogen-bond acceptors (Lipinski definition) is 5. The molecule has 2 aromatic rings. The molecule has 1 N–H and O–H groups in total. The number of anilines is 2. The molecule has 0 radical (unpaired) electrons. The molecule has 5 heteroatoms. The van der Waals surface area contributed by atoms with E-state index in [9.17, 15) is 0 Å². The van der Waals surface area contributed by atoms with E-state index in [1.165, 1.54) is 18.2 Å². The number of thiophene rings is 1. The number of rotatable bonds is 4. The molecule has 0 aliphatic carbocycles. The molecule has 4 nitrogen and oxygen atoms in total. The predicted molar refractivity (Wildman–Crippen MR) is 77.6 cm³/mol. The van der Waals surface area contributed by atoms with Crippen molar-refractivity contribution in [3.8, 4) is 0 Å². The van der Waals surface area contributed by atoms with E-state index in [0.717, 1.165) is 43.3 Å². The van der Waals surface area contributed by atoms with Gasteiger partial charge in [-0.3, -0.25) is 0 Å². The van der Waals surface area contributed by atoms with Crippen LogP contribution in [0, 0.1) is 0 Å². The molecule has 3 rings (SSSR count). The van der Waals surface area contributed by atoms with E-state index < -0.39 is 0 Å². The molecular formula is C13H18N4S. The van der Waals surface area contributed by atoms with Crippen LogP contribution >= 0.6 is 11.3 Å². The van der Waals surface area contributed by atoms with Crippen LogP contribution in [-0.2, 0) is 0 Å². The average Bonchev–Trinajstić information content (AvgIpc) is 3.05. The lowest BCUT2D eigenvalue weighted by Gasteiger charge is -2.18. The Balaban J connectivity index is 2.00. The van der Waals surface area contributed by atoms with Gasteiger partial charge in [0.05, 0.1) is 10.9 Å². The first-order valence-electron chi connectivity index (χ1n) is 6.61. The molecule has 1 aliphatic heterocycles. The first-order chi connectivity index (χ1) is 8.88. The Hall–Kier alpha value is -1.36. The Morgan fingerprint density at radius 1 is 1.28 bits per heavy atom. The molecule has 0 unspecified atom stereocenters. The molecular weight excluding hydrogens is 244 g/mol. The predicted octanol–water partition coefficient (Wildman–Crippen LogP) is 3.11. The zero-order valence-electron chi connectivity index (χ0n) is 10.6. The zero-order valence-corrected chi connectivity index (χ0v) is 11.5. The normalized spacial score (nSPS) is 15.5. The van der Waals surface area contributed by atoms with Crippen LogP contribution in [0.1, 0.15) is 26.2 Å². The summed E-state index contributed by atoms with van der Waals surface area (Å²) in [6.07, 6.45) is 3.63. The Morgan fingerprint density at radius 2 is 2.11 bits per heavy atom. The Kier molecular flexibility index (Phi) is 3.32. The fourth-order valence-electron chi connectivity index (χ4n) is 2.33. The molecule has 1 saturated heterocycles. The van der Waals surface area contributed by atoms with Gasteiger partial charge in [-0.05, 0) is 19.3 Å². The third-order valence-electron chi connectivity index (χ3n) is 3.26. The van der Waals surface area contributed by atoms with Gasteiger partial charge >= 0.3 is 0 Å². The van der Waals surface area contributed by atoms with Crippen molar-refractivity contribution < 1.29 is 0 Å². The van der Waals surface area contributed by atoms with E-state index in [1.54, 1.807) is 11.3 Å². The quantitative estimate of drug-likeness (QED) is 0.919. The van der Waals surface area contributed by atoms with Crippen molar-refractivity contribution >= 4 is 34.0 Å². The summed E-state index contributed by atoms with van der Waals surface area (Å²) in [4.78, 5) is 11.7. The highest BCUT2D eigenvalue weighted by atomic mass is 32.1. The van der Waals surface area contributed by atoms with Gasteiger partial charge in [-0.15, -0.1) is 11.3 Å². The van der Waals surface area contributed by atoms with Gasteiger partial charge in [0.15, 0.2) is 0 Å². The second-order valence-corrected chi connectivity index (χ2v) is 5.41. The summed E-state index contributed by atoms with van der Waals surface area (Å²) in [7, 11) is 0. The lowest BCUT2D eigenvalue weighted by Crippen LogP contribution is -2.20. The van der Waals surface area contributed by atoms with Crippen LogP contribution < -0.4 is 10.2 Å². The SMILES string of the molecule is CCCNc1nc(N2CCCC2)c2cscc2n1. The van der Waals surface area contributed by atoms with Gasteiger partial charge in [-0.1, -0.05) is 6.92 Å². The number of hydrogen-bond donors (Lipinski definition) is 1. The fourth-order valence-corrected chi connectivity index (χ4v) is 3.07. The zero-order chi connectivity index (χ0) is 12.4. The van der Waals surface area contributed by atoms with Crippen molar-refractivity contribution in [1.82, 2.24) is 9.97 Å². The highest BCUT2D eigenvalue weighted by Crippen LogP contribution is 2.30. The summed E-state index contributed by atoms with van der Waals surface area (Å²) in [5.74, 6) is 1.88. The van der Waals surface area contributed by atoms with Crippen LogP contribution in [0.5, 0.6) is 0 Å². The Bertz CT molecular complexity index is 531. The van der Waals surface area contributed by atoms with Crippen LogP contribution in [0.2, 0.25) is 0 Å². The highest BCUT2D eigenvalue weighted by molar-refractivity contribution is 7.09. The van der Waals surface area contributed by atoms with Crippen LogP contribution in [0.15, 0.2) is 10.8 Å². The maximum atomic E-state index is 4.70. The highest BCUT2D eigenvalue weighted by Gasteiger charge is 2.18. The van der Waals surface area contributed by atoms with E-state index in [4.69, 9.17) is 4.98 Å². The maximum absolute atomic E-state index is 4.70. The molecule has 0 spiro atoms. The monoisotopic (exact) mass is 262 g/mol. The van der Waals surface area contributed by atoms with Crippen LogP contribution in [0.25, 0.3) is 10.9 Å². The van der Waals surface area contributed by atoms with Crippen LogP contribution in [-0.4, -0.2) is 29.6 Å². The summed E-state index contributed by atoms with van der Waals surface area (Å²) in [6.45, 7) is 5.32. The van der Waals surface area contributed by atoms with Crippen molar-refractivity contribution in [3.63, 3.8) is 0 Å². The molecule has 0 bridgehead atoms. The van der Waals surface area contributed by atoms with Gasteiger partial charge in [0.2, 0.25) is 5.95 Å². The number of aromatic nitrogens is 2.